The number of hydrogen-bond acceptors (Lipinski definition) is 4. The lowest BCUT2D eigenvalue weighted by Crippen LogP contribution is -2.40. The molecule has 1 aliphatic rings. The summed E-state index contributed by atoms with van der Waals surface area (Å²) in [5.41, 5.74) is -1.03. The van der Waals surface area contributed by atoms with Gasteiger partial charge in [0.25, 0.3) is 10.0 Å². The summed E-state index contributed by atoms with van der Waals surface area (Å²) < 4.78 is 62.9. The lowest BCUT2D eigenvalue weighted by atomic mass is 9.99. The molecule has 0 aromatic carbocycles. The number of carbonyl (C=O) groups is 1. The molecular weight excluding hydrogens is 325 g/mol. The lowest BCUT2D eigenvalue weighted by Gasteiger charge is -2.28. The number of carboxylic acid groups (broad SMARTS) is 1. The second kappa shape index (κ2) is 5.84. The van der Waals surface area contributed by atoms with E-state index in [0.29, 0.717) is 12.3 Å². The van der Waals surface area contributed by atoms with E-state index in [1.165, 1.54) is 0 Å². The Bertz CT molecular complexity index is 650. The fourth-order valence-electron chi connectivity index (χ4n) is 2.18. The van der Waals surface area contributed by atoms with Crippen molar-refractivity contribution in [3.8, 4) is 0 Å². The van der Waals surface area contributed by atoms with Gasteiger partial charge in [0.15, 0.2) is 5.03 Å². The van der Waals surface area contributed by atoms with E-state index in [2.05, 4.69) is 4.98 Å². The minimum absolute atomic E-state index is 0.00199. The second-order valence-corrected chi connectivity index (χ2v) is 6.78. The van der Waals surface area contributed by atoms with Crippen LogP contribution < -0.4 is 0 Å². The smallest absolute Gasteiger partial charge is 0.417 e. The minimum atomic E-state index is -4.59. The van der Waals surface area contributed by atoms with Gasteiger partial charge in [-0.1, -0.05) is 0 Å². The highest BCUT2D eigenvalue weighted by molar-refractivity contribution is 7.89. The van der Waals surface area contributed by atoms with Gasteiger partial charge in [0.1, 0.15) is 0 Å². The maximum absolute atomic E-state index is 12.4. The zero-order valence-electron chi connectivity index (χ0n) is 11.2. The van der Waals surface area contributed by atoms with Crippen molar-refractivity contribution in [3.05, 3.63) is 23.9 Å². The molecule has 0 spiro atoms. The van der Waals surface area contributed by atoms with Crippen molar-refractivity contribution >= 4 is 16.0 Å². The second-order valence-electron chi connectivity index (χ2n) is 4.90. The van der Waals surface area contributed by atoms with Crippen LogP contribution in [0.5, 0.6) is 0 Å². The van der Waals surface area contributed by atoms with Crippen LogP contribution in [0.15, 0.2) is 23.4 Å². The summed E-state index contributed by atoms with van der Waals surface area (Å²) >= 11 is 0. The molecular formula is C12H13F3N2O4S. The average Bonchev–Trinajstić information content (AvgIpc) is 2.46. The Kier molecular flexibility index (Phi) is 4.43. The fourth-order valence-corrected chi connectivity index (χ4v) is 3.56. The zero-order chi connectivity index (χ0) is 16.5. The number of carboxylic acids is 1. The van der Waals surface area contributed by atoms with Crippen LogP contribution in [0, 0.1) is 5.92 Å². The number of nitrogens with zero attached hydrogens (tertiary/aromatic N) is 2. The minimum Gasteiger partial charge on any atom is -0.481 e. The molecule has 2 rings (SSSR count). The Morgan fingerprint density at radius 1 is 1.27 bits per heavy atom. The van der Waals surface area contributed by atoms with Crippen molar-refractivity contribution < 1.29 is 31.5 Å². The first-order chi connectivity index (χ1) is 10.1. The third-order valence-corrected chi connectivity index (χ3v) is 5.29. The quantitative estimate of drug-likeness (QED) is 0.904. The number of sulfonamides is 1. The van der Waals surface area contributed by atoms with Crippen LogP contribution in [0.25, 0.3) is 0 Å². The molecule has 0 atom stereocenters. The molecule has 0 unspecified atom stereocenters. The molecule has 0 amide bonds. The normalized spacial score (nSPS) is 18.3. The van der Waals surface area contributed by atoms with Crippen LogP contribution in [0.4, 0.5) is 13.2 Å². The maximum atomic E-state index is 12.4. The summed E-state index contributed by atoms with van der Waals surface area (Å²) in [7, 11) is -4.01. The number of hydrogen-bond donors (Lipinski definition) is 1. The molecule has 0 bridgehead atoms. The fraction of sp³-hybridized carbons (Fsp3) is 0.500. The van der Waals surface area contributed by atoms with Crippen molar-refractivity contribution in [1.29, 1.82) is 0 Å². The van der Waals surface area contributed by atoms with E-state index >= 15 is 0 Å². The van der Waals surface area contributed by atoms with E-state index in [0.717, 1.165) is 10.4 Å². The molecule has 2 heterocycles. The molecule has 1 aliphatic heterocycles. The van der Waals surface area contributed by atoms with Crippen molar-refractivity contribution in [3.63, 3.8) is 0 Å². The van der Waals surface area contributed by atoms with Gasteiger partial charge in [0, 0.05) is 19.3 Å². The predicted octanol–water partition coefficient (Wildman–Crippen LogP) is 1.59. The highest BCUT2D eigenvalue weighted by atomic mass is 32.2. The Morgan fingerprint density at radius 3 is 2.27 bits per heavy atom. The van der Waals surface area contributed by atoms with E-state index in [1.54, 1.807) is 0 Å². The van der Waals surface area contributed by atoms with Crippen molar-refractivity contribution in [2.45, 2.75) is 24.0 Å². The van der Waals surface area contributed by atoms with Gasteiger partial charge in [0.2, 0.25) is 0 Å². The highest BCUT2D eigenvalue weighted by Gasteiger charge is 2.34. The number of halogens is 3. The highest BCUT2D eigenvalue weighted by Crippen LogP contribution is 2.29. The number of piperidine rings is 1. The Morgan fingerprint density at radius 2 is 1.86 bits per heavy atom. The number of alkyl halides is 3. The largest absolute Gasteiger partial charge is 0.481 e. The standard InChI is InChI=1S/C12H13F3N2O4S/c13-12(14,15)9-1-2-10(16-7-9)22(20,21)17-5-3-8(4-6-17)11(18)19/h1-2,7-8H,3-6H2,(H,18,19). The molecule has 122 valence electrons. The lowest BCUT2D eigenvalue weighted by molar-refractivity contribution is -0.143. The van der Waals surface area contributed by atoms with Gasteiger partial charge in [-0.15, -0.1) is 0 Å². The topological polar surface area (TPSA) is 87.6 Å². The van der Waals surface area contributed by atoms with Crippen LogP contribution in [0.2, 0.25) is 0 Å². The molecule has 1 aromatic heterocycles. The van der Waals surface area contributed by atoms with Crippen LogP contribution in [-0.2, 0) is 21.0 Å². The molecule has 0 saturated carbocycles. The maximum Gasteiger partial charge on any atom is 0.417 e. The summed E-state index contributed by atoms with van der Waals surface area (Å²) in [6.07, 6.45) is -3.80. The SMILES string of the molecule is O=C(O)C1CCN(S(=O)(=O)c2ccc(C(F)(F)F)cn2)CC1. The number of aromatic nitrogens is 1. The predicted molar refractivity (Wildman–Crippen MR) is 68.4 cm³/mol. The van der Waals surface area contributed by atoms with Gasteiger partial charge in [-0.3, -0.25) is 4.79 Å². The van der Waals surface area contributed by atoms with E-state index in [1.807, 2.05) is 0 Å². The number of pyridine rings is 1. The summed E-state index contributed by atoms with van der Waals surface area (Å²) in [5, 5.41) is 8.39. The van der Waals surface area contributed by atoms with E-state index in [4.69, 9.17) is 5.11 Å². The summed E-state index contributed by atoms with van der Waals surface area (Å²) in [6, 6.07) is 1.46. The molecule has 1 N–H and O–H groups in total. The monoisotopic (exact) mass is 338 g/mol. The summed E-state index contributed by atoms with van der Waals surface area (Å²) in [6.45, 7) is 0.00397. The Hall–Kier alpha value is -1.68. The summed E-state index contributed by atoms with van der Waals surface area (Å²) in [4.78, 5) is 14.2. The van der Waals surface area contributed by atoms with E-state index < -0.39 is 38.7 Å². The molecule has 22 heavy (non-hydrogen) atoms. The first-order valence-electron chi connectivity index (χ1n) is 6.38. The van der Waals surface area contributed by atoms with E-state index in [-0.39, 0.29) is 25.9 Å². The van der Waals surface area contributed by atoms with Crippen LogP contribution in [-0.4, -0.2) is 41.9 Å². The van der Waals surface area contributed by atoms with Crippen molar-refractivity contribution in [2.75, 3.05) is 13.1 Å². The van der Waals surface area contributed by atoms with Gasteiger partial charge in [0.05, 0.1) is 11.5 Å². The van der Waals surface area contributed by atoms with Crippen LogP contribution >= 0.6 is 0 Å². The average molecular weight is 338 g/mol. The van der Waals surface area contributed by atoms with Gasteiger partial charge in [-0.2, -0.15) is 17.5 Å². The third kappa shape index (κ3) is 3.38. The van der Waals surface area contributed by atoms with Crippen LogP contribution in [0.3, 0.4) is 0 Å². The molecule has 0 radical (unpaired) electrons. The molecule has 6 nitrogen and oxygen atoms in total. The third-order valence-electron chi connectivity index (χ3n) is 3.47. The van der Waals surface area contributed by atoms with E-state index in [9.17, 15) is 26.4 Å². The van der Waals surface area contributed by atoms with Crippen LogP contribution in [0.1, 0.15) is 18.4 Å². The molecule has 1 fully saturated rings. The first kappa shape index (κ1) is 16.7. The molecule has 0 aliphatic carbocycles. The Labute approximate surface area is 124 Å². The van der Waals surface area contributed by atoms with Crippen molar-refractivity contribution in [1.82, 2.24) is 9.29 Å². The number of aliphatic carboxylic acids is 1. The van der Waals surface area contributed by atoms with Gasteiger partial charge < -0.3 is 5.11 Å². The van der Waals surface area contributed by atoms with Crippen molar-refractivity contribution in [2.24, 2.45) is 5.92 Å². The van der Waals surface area contributed by atoms with Gasteiger partial charge in [-0.05, 0) is 25.0 Å². The van der Waals surface area contributed by atoms with Gasteiger partial charge >= 0.3 is 12.1 Å². The molecule has 1 aromatic rings. The van der Waals surface area contributed by atoms with Gasteiger partial charge in [-0.25, -0.2) is 13.4 Å². The first-order valence-corrected chi connectivity index (χ1v) is 7.82. The molecule has 10 heteroatoms. The molecule has 1 saturated heterocycles. The number of rotatable bonds is 3. The summed E-state index contributed by atoms with van der Waals surface area (Å²) in [5.74, 6) is -1.59. The Balaban J connectivity index is 2.16. The zero-order valence-corrected chi connectivity index (χ0v) is 12.1.